The monoisotopic (exact) mass is 401 g/mol. The third-order valence-corrected chi connectivity index (χ3v) is 5.91. The van der Waals surface area contributed by atoms with Crippen LogP contribution in [0.3, 0.4) is 0 Å². The average Bonchev–Trinajstić information content (AvgIpc) is 3.14. The van der Waals surface area contributed by atoms with Gasteiger partial charge < -0.3 is 9.30 Å². The number of ether oxygens (including phenoxy) is 1. The summed E-state index contributed by atoms with van der Waals surface area (Å²) in [6, 6.07) is 0. The molecule has 9 nitrogen and oxygen atoms in total. The maximum absolute atomic E-state index is 12.8. The second-order valence-corrected chi connectivity index (χ2v) is 8.98. The summed E-state index contributed by atoms with van der Waals surface area (Å²) in [5.74, 6) is -0.548. The van der Waals surface area contributed by atoms with Crippen LogP contribution in [0.1, 0.15) is 39.5 Å². The van der Waals surface area contributed by atoms with Crippen molar-refractivity contribution in [1.29, 1.82) is 0 Å². The highest BCUT2D eigenvalue weighted by atomic mass is 31.2. The smallest absolute Gasteiger partial charge is 0.406 e. The highest BCUT2D eigenvalue weighted by Crippen LogP contribution is 2.53. The van der Waals surface area contributed by atoms with Gasteiger partial charge in [-0.15, -0.1) is 0 Å². The van der Waals surface area contributed by atoms with Gasteiger partial charge in [0.05, 0.1) is 20.0 Å². The number of carbonyl (C=O) groups is 2. The van der Waals surface area contributed by atoms with E-state index in [4.69, 9.17) is 9.05 Å². The van der Waals surface area contributed by atoms with Crippen molar-refractivity contribution >= 4 is 19.5 Å². The van der Waals surface area contributed by atoms with E-state index in [2.05, 4.69) is 14.8 Å². The van der Waals surface area contributed by atoms with Crippen molar-refractivity contribution in [2.75, 3.05) is 20.3 Å². The number of rotatable bonds is 10. The molecule has 1 aliphatic rings. The molecule has 1 aromatic rings. The first kappa shape index (κ1) is 21.8. The molecule has 0 amide bonds. The Balaban J connectivity index is 1.85. The van der Waals surface area contributed by atoms with Gasteiger partial charge in [0.1, 0.15) is 6.10 Å². The van der Waals surface area contributed by atoms with E-state index in [-0.39, 0.29) is 31.2 Å². The summed E-state index contributed by atoms with van der Waals surface area (Å²) in [5, 5.41) is 2.82. The van der Waals surface area contributed by atoms with E-state index >= 15 is 0 Å². The fraction of sp³-hybridized carbons (Fsp3) is 0.706. The molecule has 0 radical (unpaired) electrons. The molecule has 1 fully saturated rings. The molecule has 0 aromatic carbocycles. The Hall–Kier alpha value is -1.54. The first-order valence-corrected chi connectivity index (χ1v) is 10.5. The third kappa shape index (κ3) is 6.53. The number of carbonyl (C=O) groups excluding carboxylic acids is 2. The molecule has 1 saturated heterocycles. The summed E-state index contributed by atoms with van der Waals surface area (Å²) in [4.78, 5) is 27.7. The molecule has 2 heterocycles. The van der Waals surface area contributed by atoms with E-state index in [9.17, 15) is 14.2 Å². The van der Waals surface area contributed by atoms with Crippen LogP contribution in [0.25, 0.3) is 0 Å². The van der Waals surface area contributed by atoms with E-state index in [1.807, 2.05) is 24.6 Å². The largest absolute Gasteiger partial charge is 0.469 e. The van der Waals surface area contributed by atoms with Crippen LogP contribution in [-0.2, 0) is 34.5 Å². The van der Waals surface area contributed by atoms with Crippen LogP contribution in [0.4, 0.5) is 0 Å². The standard InChI is InChI=1S/C17H28N3O6P/c1-17(2)12-25-27(23,19-8-5-10-20-11-9-18-13-20)26-16(17)14(21)6-4-7-15(22)24-3/h9,11,13,16H,4-8,10,12H2,1-3H3,(H,19,23)/t16-,27?/m0/s1. The molecule has 152 valence electrons. The Labute approximate surface area is 159 Å². The Bertz CT molecular complexity index is 676. The predicted octanol–water partition coefficient (Wildman–Crippen LogP) is 2.32. The summed E-state index contributed by atoms with van der Waals surface area (Å²) in [6.45, 7) is 4.94. The number of Topliss-reactive ketones (excluding diaryl/α,β-unsaturated/α-hetero) is 1. The minimum absolute atomic E-state index is 0.145. The molecular weight excluding hydrogens is 373 g/mol. The lowest BCUT2D eigenvalue weighted by Gasteiger charge is -2.40. The zero-order valence-electron chi connectivity index (χ0n) is 16.1. The van der Waals surface area contributed by atoms with Gasteiger partial charge in [-0.3, -0.25) is 18.6 Å². The first-order valence-electron chi connectivity index (χ1n) is 8.99. The van der Waals surface area contributed by atoms with E-state index < -0.39 is 19.3 Å². The van der Waals surface area contributed by atoms with Gasteiger partial charge in [-0.1, -0.05) is 13.8 Å². The number of hydrogen-bond acceptors (Lipinski definition) is 7. The van der Waals surface area contributed by atoms with Crippen molar-refractivity contribution in [1.82, 2.24) is 14.6 Å². The van der Waals surface area contributed by atoms with E-state index in [1.54, 1.807) is 12.5 Å². The Morgan fingerprint density at radius 2 is 2.15 bits per heavy atom. The molecular formula is C17H28N3O6P. The SMILES string of the molecule is COC(=O)CCCC(=O)[C@@H]1OP(=O)(NCCCn2ccnc2)OCC1(C)C. The van der Waals surface area contributed by atoms with Gasteiger partial charge in [0.15, 0.2) is 5.78 Å². The number of nitrogens with one attached hydrogen (secondary N) is 1. The Kier molecular flexibility index (Phi) is 7.73. The highest BCUT2D eigenvalue weighted by Gasteiger charge is 2.47. The Morgan fingerprint density at radius 3 is 2.81 bits per heavy atom. The molecule has 0 spiro atoms. The number of aryl methyl sites for hydroxylation is 1. The number of hydrogen-bond donors (Lipinski definition) is 1. The maximum Gasteiger partial charge on any atom is 0.406 e. The van der Waals surface area contributed by atoms with Gasteiger partial charge in [0, 0.05) is 43.7 Å². The van der Waals surface area contributed by atoms with Gasteiger partial charge >= 0.3 is 13.7 Å². The van der Waals surface area contributed by atoms with Gasteiger partial charge in [0.2, 0.25) is 0 Å². The van der Waals surface area contributed by atoms with Crippen molar-refractivity contribution in [3.05, 3.63) is 18.7 Å². The van der Waals surface area contributed by atoms with E-state index in [0.717, 1.165) is 0 Å². The molecule has 2 rings (SSSR count). The lowest BCUT2D eigenvalue weighted by atomic mass is 9.84. The third-order valence-electron chi connectivity index (χ3n) is 4.34. The lowest BCUT2D eigenvalue weighted by Crippen LogP contribution is -2.46. The van der Waals surface area contributed by atoms with Gasteiger partial charge in [0.25, 0.3) is 0 Å². The summed E-state index contributed by atoms with van der Waals surface area (Å²) >= 11 is 0. The van der Waals surface area contributed by atoms with Crippen LogP contribution in [0.5, 0.6) is 0 Å². The number of aromatic nitrogens is 2. The number of esters is 1. The average molecular weight is 401 g/mol. The van der Waals surface area contributed by atoms with Crippen LogP contribution in [0.15, 0.2) is 18.7 Å². The number of ketones is 1. The summed E-state index contributed by atoms with van der Waals surface area (Å²) in [6.07, 6.45) is 5.79. The molecule has 1 aliphatic heterocycles. The van der Waals surface area contributed by atoms with Crippen molar-refractivity contribution in [2.45, 2.75) is 52.2 Å². The molecule has 0 bridgehead atoms. The second-order valence-electron chi connectivity index (χ2n) is 7.20. The molecule has 1 unspecified atom stereocenters. The predicted molar refractivity (Wildman–Crippen MR) is 97.9 cm³/mol. The maximum atomic E-state index is 12.8. The number of nitrogens with zero attached hydrogens (tertiary/aromatic N) is 2. The Morgan fingerprint density at radius 1 is 1.37 bits per heavy atom. The number of methoxy groups -OCH3 is 1. The first-order chi connectivity index (χ1) is 12.8. The van der Waals surface area contributed by atoms with Crippen LogP contribution in [0.2, 0.25) is 0 Å². The van der Waals surface area contributed by atoms with Crippen LogP contribution >= 0.6 is 7.75 Å². The number of imidazole rings is 1. The molecule has 2 atom stereocenters. The minimum Gasteiger partial charge on any atom is -0.469 e. The lowest BCUT2D eigenvalue weighted by molar-refractivity contribution is -0.141. The molecule has 10 heteroatoms. The van der Waals surface area contributed by atoms with Gasteiger partial charge in [-0.05, 0) is 12.8 Å². The molecule has 1 N–H and O–H groups in total. The molecule has 1 aromatic heterocycles. The summed E-state index contributed by atoms with van der Waals surface area (Å²) in [7, 11) is -2.25. The normalized spacial score (nSPS) is 24.5. The van der Waals surface area contributed by atoms with E-state index in [0.29, 0.717) is 25.9 Å². The van der Waals surface area contributed by atoms with E-state index in [1.165, 1.54) is 7.11 Å². The van der Waals surface area contributed by atoms with Crippen LogP contribution in [-0.4, -0.2) is 47.7 Å². The topological polar surface area (TPSA) is 109 Å². The fourth-order valence-electron chi connectivity index (χ4n) is 2.75. The zero-order chi connectivity index (χ0) is 19.9. The quantitative estimate of drug-likeness (QED) is 0.361. The molecule has 0 aliphatic carbocycles. The molecule has 0 saturated carbocycles. The minimum atomic E-state index is -3.55. The van der Waals surface area contributed by atoms with Crippen LogP contribution in [0, 0.1) is 5.41 Å². The highest BCUT2D eigenvalue weighted by molar-refractivity contribution is 7.51. The van der Waals surface area contributed by atoms with Crippen molar-refractivity contribution in [3.63, 3.8) is 0 Å². The van der Waals surface area contributed by atoms with Crippen molar-refractivity contribution < 1.29 is 27.9 Å². The molecule has 27 heavy (non-hydrogen) atoms. The van der Waals surface area contributed by atoms with Crippen molar-refractivity contribution in [2.24, 2.45) is 5.41 Å². The summed E-state index contributed by atoms with van der Waals surface area (Å²) in [5.41, 5.74) is -0.602. The van der Waals surface area contributed by atoms with Gasteiger partial charge in [-0.2, -0.15) is 0 Å². The zero-order valence-corrected chi connectivity index (χ0v) is 16.9. The fourth-order valence-corrected chi connectivity index (χ4v) is 4.59. The second kappa shape index (κ2) is 9.59. The van der Waals surface area contributed by atoms with Crippen LogP contribution < -0.4 is 5.09 Å². The van der Waals surface area contributed by atoms with Gasteiger partial charge in [-0.25, -0.2) is 14.6 Å². The summed E-state index contributed by atoms with van der Waals surface area (Å²) < 4.78 is 30.4. The van der Waals surface area contributed by atoms with Crippen molar-refractivity contribution in [3.8, 4) is 0 Å².